The lowest BCUT2D eigenvalue weighted by Gasteiger charge is -2.18. The second-order valence-electron chi connectivity index (χ2n) is 6.72. The van der Waals surface area contributed by atoms with E-state index in [1.165, 1.54) is 6.07 Å². The molecule has 2 amide bonds. The molecule has 8 heteroatoms. The van der Waals surface area contributed by atoms with Crippen LogP contribution < -0.4 is 20.1 Å². The molecule has 2 N–H and O–H groups in total. The zero-order valence-electron chi connectivity index (χ0n) is 16.2. The highest BCUT2D eigenvalue weighted by molar-refractivity contribution is 6.31. The van der Waals surface area contributed by atoms with Crippen molar-refractivity contribution in [3.05, 3.63) is 82.9 Å². The average molecular weight is 437 g/mol. The molecule has 3 aromatic rings. The fourth-order valence-electron chi connectivity index (χ4n) is 3.05. The van der Waals surface area contributed by atoms with Crippen molar-refractivity contribution in [1.82, 2.24) is 0 Å². The van der Waals surface area contributed by atoms with Gasteiger partial charge in [0.2, 0.25) is 0 Å². The van der Waals surface area contributed by atoms with Crippen molar-refractivity contribution in [2.24, 2.45) is 0 Å². The predicted molar refractivity (Wildman–Crippen MR) is 116 cm³/mol. The quantitative estimate of drug-likeness (QED) is 0.571. The number of carbonyl (C=O) groups is 3. The van der Waals surface area contributed by atoms with Gasteiger partial charge < -0.3 is 20.1 Å². The van der Waals surface area contributed by atoms with E-state index in [9.17, 15) is 14.4 Å². The van der Waals surface area contributed by atoms with Gasteiger partial charge >= 0.3 is 0 Å². The van der Waals surface area contributed by atoms with Crippen molar-refractivity contribution < 1.29 is 23.9 Å². The van der Waals surface area contributed by atoms with Gasteiger partial charge in [-0.1, -0.05) is 41.9 Å². The number of hydrogen-bond acceptors (Lipinski definition) is 5. The Morgan fingerprint density at radius 3 is 2.68 bits per heavy atom. The summed E-state index contributed by atoms with van der Waals surface area (Å²) in [6, 6.07) is 18.2. The van der Waals surface area contributed by atoms with E-state index < -0.39 is 5.91 Å². The highest BCUT2D eigenvalue weighted by Gasteiger charge is 2.18. The minimum Gasteiger partial charge on any atom is -0.484 e. The molecule has 0 atom stereocenters. The van der Waals surface area contributed by atoms with Gasteiger partial charge in [-0.3, -0.25) is 14.4 Å². The van der Waals surface area contributed by atoms with Crippen LogP contribution in [0.3, 0.4) is 0 Å². The number of ketones is 1. The number of anilines is 2. The van der Waals surface area contributed by atoms with Gasteiger partial charge in [-0.05, 0) is 30.3 Å². The molecule has 31 heavy (non-hydrogen) atoms. The molecule has 7 nitrogen and oxygen atoms in total. The van der Waals surface area contributed by atoms with E-state index in [0.717, 1.165) is 0 Å². The smallest absolute Gasteiger partial charge is 0.262 e. The Morgan fingerprint density at radius 1 is 1.06 bits per heavy atom. The number of benzene rings is 3. The fourth-order valence-corrected chi connectivity index (χ4v) is 3.22. The summed E-state index contributed by atoms with van der Waals surface area (Å²) in [5.41, 5.74) is 1.57. The first-order valence-corrected chi connectivity index (χ1v) is 9.76. The zero-order valence-corrected chi connectivity index (χ0v) is 16.9. The first-order chi connectivity index (χ1) is 15.0. The summed E-state index contributed by atoms with van der Waals surface area (Å²) >= 11 is 6.06. The third-order valence-electron chi connectivity index (χ3n) is 4.49. The maximum atomic E-state index is 12.9. The summed E-state index contributed by atoms with van der Waals surface area (Å²) < 4.78 is 10.8. The second kappa shape index (κ2) is 8.89. The van der Waals surface area contributed by atoms with Gasteiger partial charge in [0.25, 0.3) is 11.8 Å². The summed E-state index contributed by atoms with van der Waals surface area (Å²) in [6.45, 7) is -0.337. The monoisotopic (exact) mass is 436 g/mol. The SMILES string of the molecule is O=C1COc2ccc(OCC(=O)Nc3ccc(Cl)cc3C(=O)c3ccccc3)cc2N1. The first kappa shape index (κ1) is 20.4. The minimum atomic E-state index is -0.456. The number of halogens is 1. The van der Waals surface area contributed by atoms with E-state index in [4.69, 9.17) is 21.1 Å². The average Bonchev–Trinajstić information content (AvgIpc) is 2.78. The van der Waals surface area contributed by atoms with E-state index in [0.29, 0.717) is 33.5 Å². The minimum absolute atomic E-state index is 0.0409. The number of carbonyl (C=O) groups excluding carboxylic acids is 3. The molecule has 0 saturated carbocycles. The Morgan fingerprint density at radius 2 is 1.87 bits per heavy atom. The molecule has 0 aromatic heterocycles. The van der Waals surface area contributed by atoms with Crippen LogP contribution in [0.15, 0.2) is 66.7 Å². The van der Waals surface area contributed by atoms with Gasteiger partial charge in [-0.2, -0.15) is 0 Å². The van der Waals surface area contributed by atoms with Gasteiger partial charge in [-0.15, -0.1) is 0 Å². The van der Waals surface area contributed by atoms with Gasteiger partial charge in [0.1, 0.15) is 11.5 Å². The number of amides is 2. The highest BCUT2D eigenvalue weighted by atomic mass is 35.5. The maximum Gasteiger partial charge on any atom is 0.262 e. The lowest BCUT2D eigenvalue weighted by molar-refractivity contribution is -0.119. The number of fused-ring (bicyclic) bond motifs is 1. The third-order valence-corrected chi connectivity index (χ3v) is 4.73. The van der Waals surface area contributed by atoms with Gasteiger partial charge in [0, 0.05) is 22.2 Å². The van der Waals surface area contributed by atoms with Gasteiger partial charge in [0.05, 0.1) is 11.4 Å². The molecular formula is C23H17ClN2O5. The molecule has 1 heterocycles. The zero-order chi connectivity index (χ0) is 21.8. The molecule has 0 unspecified atom stereocenters. The molecular weight excluding hydrogens is 420 g/mol. The molecule has 0 spiro atoms. The van der Waals surface area contributed by atoms with Crippen LogP contribution in [0.4, 0.5) is 11.4 Å². The molecule has 0 fully saturated rings. The van der Waals surface area contributed by atoms with E-state index in [-0.39, 0.29) is 30.5 Å². The molecule has 0 saturated heterocycles. The standard InChI is InChI=1S/C23H17ClN2O5/c24-15-6-8-18(17(10-15)23(29)14-4-2-1-3-5-14)25-21(27)12-30-16-7-9-20-19(11-16)26-22(28)13-31-20/h1-11H,12-13H2,(H,25,27)(H,26,28). The Labute approximate surface area is 182 Å². The lowest BCUT2D eigenvalue weighted by atomic mass is 10.0. The van der Waals surface area contributed by atoms with Crippen molar-refractivity contribution in [2.45, 2.75) is 0 Å². The van der Waals surface area contributed by atoms with E-state index in [2.05, 4.69) is 10.6 Å². The Hall–Kier alpha value is -3.84. The molecule has 0 aliphatic carbocycles. The van der Waals surface area contributed by atoms with Crippen molar-refractivity contribution in [3.63, 3.8) is 0 Å². The number of ether oxygens (including phenoxy) is 2. The van der Waals surface area contributed by atoms with Crippen molar-refractivity contribution in [2.75, 3.05) is 23.8 Å². The second-order valence-corrected chi connectivity index (χ2v) is 7.15. The number of rotatable bonds is 6. The Kier molecular flexibility index (Phi) is 5.86. The van der Waals surface area contributed by atoms with Crippen LogP contribution in [0.25, 0.3) is 0 Å². The number of nitrogens with one attached hydrogen (secondary N) is 2. The van der Waals surface area contributed by atoms with Gasteiger partial charge in [0.15, 0.2) is 19.0 Å². The fraction of sp³-hybridized carbons (Fsp3) is 0.0870. The first-order valence-electron chi connectivity index (χ1n) is 9.38. The Bertz CT molecular complexity index is 1160. The van der Waals surface area contributed by atoms with E-state index in [1.807, 2.05) is 6.07 Å². The summed E-state index contributed by atoms with van der Waals surface area (Å²) in [7, 11) is 0. The van der Waals surface area contributed by atoms with Crippen LogP contribution >= 0.6 is 11.6 Å². The van der Waals surface area contributed by atoms with Crippen molar-refractivity contribution >= 4 is 40.6 Å². The maximum absolute atomic E-state index is 12.9. The summed E-state index contributed by atoms with van der Waals surface area (Å²) in [5, 5.41) is 5.75. The van der Waals surface area contributed by atoms with Gasteiger partial charge in [-0.25, -0.2) is 0 Å². The molecule has 0 radical (unpaired) electrons. The van der Waals surface area contributed by atoms with E-state index in [1.54, 1.807) is 54.6 Å². The Balaban J connectivity index is 1.45. The summed E-state index contributed by atoms with van der Waals surface area (Å²) in [4.78, 5) is 36.7. The van der Waals surface area contributed by atoms with Crippen LogP contribution in [-0.2, 0) is 9.59 Å². The van der Waals surface area contributed by atoms with Crippen LogP contribution in [0.2, 0.25) is 5.02 Å². The van der Waals surface area contributed by atoms with E-state index >= 15 is 0 Å². The normalized spacial score (nSPS) is 12.2. The lowest BCUT2D eigenvalue weighted by Crippen LogP contribution is -2.25. The van der Waals surface area contributed by atoms with Crippen LogP contribution in [-0.4, -0.2) is 30.8 Å². The van der Waals surface area contributed by atoms with Crippen LogP contribution in [0.1, 0.15) is 15.9 Å². The van der Waals surface area contributed by atoms with Crippen molar-refractivity contribution in [3.8, 4) is 11.5 Å². The molecule has 1 aliphatic rings. The summed E-state index contributed by atoms with van der Waals surface area (Å²) in [6.07, 6.45) is 0. The van der Waals surface area contributed by atoms with Crippen LogP contribution in [0.5, 0.6) is 11.5 Å². The molecule has 156 valence electrons. The van der Waals surface area contributed by atoms with Crippen molar-refractivity contribution in [1.29, 1.82) is 0 Å². The highest BCUT2D eigenvalue weighted by Crippen LogP contribution is 2.31. The molecule has 4 rings (SSSR count). The third kappa shape index (κ3) is 4.84. The molecule has 1 aliphatic heterocycles. The van der Waals surface area contributed by atoms with Crippen LogP contribution in [0, 0.1) is 0 Å². The summed E-state index contributed by atoms with van der Waals surface area (Å²) in [5.74, 6) is -0.0639. The molecule has 0 bridgehead atoms. The predicted octanol–water partition coefficient (Wildman–Crippen LogP) is 3.92. The topological polar surface area (TPSA) is 93.7 Å². The number of hydrogen-bond donors (Lipinski definition) is 2. The largest absolute Gasteiger partial charge is 0.484 e. The molecule has 3 aromatic carbocycles.